The van der Waals surface area contributed by atoms with E-state index >= 15 is 4.39 Å². The van der Waals surface area contributed by atoms with Crippen molar-refractivity contribution in [2.24, 2.45) is 0 Å². The van der Waals surface area contributed by atoms with Gasteiger partial charge < -0.3 is 19.4 Å². The number of carbonyl (C=O) groups is 2. The van der Waals surface area contributed by atoms with Crippen molar-refractivity contribution in [3.05, 3.63) is 76.8 Å². The molecular weight excluding hydrogens is 537 g/mol. The molecular formula is C29H36FN3O6S. The molecule has 0 fully saturated rings. The monoisotopic (exact) mass is 573 g/mol. The maximum Gasteiger partial charge on any atom is 0.407 e. The Bertz CT molecular complexity index is 1530. The molecule has 0 saturated carbocycles. The molecule has 9 nitrogen and oxygen atoms in total. The maximum absolute atomic E-state index is 15.0. The number of fused-ring (bicyclic) bond motifs is 1. The number of rotatable bonds is 9. The van der Waals surface area contributed by atoms with Crippen LogP contribution in [0.5, 0.6) is 0 Å². The molecule has 11 heteroatoms. The lowest BCUT2D eigenvalue weighted by Crippen LogP contribution is -2.32. The number of nitrogens with zero attached hydrogens (tertiary/aromatic N) is 2. The van der Waals surface area contributed by atoms with Crippen LogP contribution < -0.4 is 5.32 Å². The first-order valence-electron chi connectivity index (χ1n) is 12.7. The van der Waals surface area contributed by atoms with Crippen molar-refractivity contribution in [3.8, 4) is 0 Å². The zero-order chi connectivity index (χ0) is 29.8. The third-order valence-electron chi connectivity index (χ3n) is 6.24. The Balaban J connectivity index is 1.94. The maximum atomic E-state index is 15.0. The highest BCUT2D eigenvalue weighted by Gasteiger charge is 2.20. The zero-order valence-corrected chi connectivity index (χ0v) is 24.7. The van der Waals surface area contributed by atoms with Gasteiger partial charge in [0.25, 0.3) is 0 Å². The summed E-state index contributed by atoms with van der Waals surface area (Å²) < 4.78 is 52.9. The second kappa shape index (κ2) is 12.2. The van der Waals surface area contributed by atoms with Gasteiger partial charge in [0.15, 0.2) is 0 Å². The normalized spacial score (nSPS) is 12.6. The molecule has 0 spiro atoms. The van der Waals surface area contributed by atoms with E-state index in [4.69, 9.17) is 9.47 Å². The average molecular weight is 574 g/mol. The Hall–Kier alpha value is -3.70. The Morgan fingerprint density at radius 1 is 1.10 bits per heavy atom. The number of aromatic nitrogens is 1. The van der Waals surface area contributed by atoms with Gasteiger partial charge in [-0.2, -0.15) is 0 Å². The summed E-state index contributed by atoms with van der Waals surface area (Å²) in [7, 11) is 0.688. The Labute approximate surface area is 234 Å². The second-order valence-electron chi connectivity index (χ2n) is 10.5. The van der Waals surface area contributed by atoms with Crippen molar-refractivity contribution in [1.82, 2.24) is 14.2 Å². The number of sulfonamides is 1. The van der Waals surface area contributed by atoms with E-state index in [0.717, 1.165) is 32.0 Å². The van der Waals surface area contributed by atoms with Crippen molar-refractivity contribution in [3.63, 3.8) is 0 Å². The van der Waals surface area contributed by atoms with Crippen LogP contribution >= 0.6 is 0 Å². The quantitative estimate of drug-likeness (QED) is 0.363. The molecule has 0 atom stereocenters. The molecule has 0 bridgehead atoms. The fourth-order valence-corrected chi connectivity index (χ4v) is 5.09. The predicted octanol–water partition coefficient (Wildman–Crippen LogP) is 4.96. The van der Waals surface area contributed by atoms with Gasteiger partial charge in [-0.05, 0) is 81.7 Å². The topological polar surface area (TPSA) is 107 Å². The number of benzene rings is 2. The molecule has 2 aromatic carbocycles. The highest BCUT2D eigenvalue weighted by molar-refractivity contribution is 7.89. The number of ether oxygens (including phenoxy) is 2. The molecule has 0 unspecified atom stereocenters. The predicted molar refractivity (Wildman–Crippen MR) is 152 cm³/mol. The number of hydrogen-bond donors (Lipinski definition) is 1. The lowest BCUT2D eigenvalue weighted by molar-refractivity contribution is 0.0532. The first kappa shape index (κ1) is 30.8. The van der Waals surface area contributed by atoms with E-state index in [1.54, 1.807) is 67.8 Å². The van der Waals surface area contributed by atoms with E-state index < -0.39 is 33.5 Å². The van der Waals surface area contributed by atoms with Crippen LogP contribution in [0.15, 0.2) is 59.3 Å². The largest absolute Gasteiger partial charge is 0.465 e. The number of halogens is 1. The van der Waals surface area contributed by atoms with Crippen LogP contribution in [0.3, 0.4) is 0 Å². The summed E-state index contributed by atoms with van der Waals surface area (Å²) >= 11 is 0. The first-order valence-corrected chi connectivity index (χ1v) is 14.1. The number of carbonyl (C=O) groups excluding carboxylic acids is 2. The van der Waals surface area contributed by atoms with Crippen LogP contribution in [0.25, 0.3) is 10.9 Å². The summed E-state index contributed by atoms with van der Waals surface area (Å²) in [6.45, 7) is 6.96. The van der Waals surface area contributed by atoms with E-state index in [1.165, 1.54) is 27.3 Å². The molecule has 3 aromatic rings. The number of methoxy groups -OCH3 is 1. The van der Waals surface area contributed by atoms with Crippen LogP contribution in [-0.2, 0) is 32.5 Å². The lowest BCUT2D eigenvalue weighted by atomic mass is 10.0. The molecule has 0 aliphatic carbocycles. The number of amides is 1. The standard InChI is InChI=1S/C29H36FN3O6S/c1-19-24(16-20-8-11-23(12-9-20)40(36,37)32(5)6)25-17-21(27(34)38-7)10-13-26(25)33(19)18-22(30)14-15-31-28(35)39-29(2,3)4/h8-14,17H,15-16,18H2,1-7H3,(H,31,35)/b22-14-. The summed E-state index contributed by atoms with van der Waals surface area (Å²) in [6, 6.07) is 11.7. The Kier molecular flexibility index (Phi) is 9.42. The van der Waals surface area contributed by atoms with Crippen molar-refractivity contribution in [2.75, 3.05) is 27.7 Å². The van der Waals surface area contributed by atoms with Crippen LogP contribution in [-0.4, -0.2) is 62.7 Å². The van der Waals surface area contributed by atoms with E-state index in [1.807, 2.05) is 6.92 Å². The van der Waals surface area contributed by atoms with E-state index in [2.05, 4.69) is 5.32 Å². The minimum atomic E-state index is -3.56. The highest BCUT2D eigenvalue weighted by atomic mass is 32.2. The molecule has 1 amide bonds. The molecule has 0 saturated heterocycles. The van der Waals surface area contributed by atoms with Crippen LogP contribution in [0, 0.1) is 6.92 Å². The minimum Gasteiger partial charge on any atom is -0.465 e. The summed E-state index contributed by atoms with van der Waals surface area (Å²) in [5.74, 6) is -0.950. The zero-order valence-electron chi connectivity index (χ0n) is 23.9. The van der Waals surface area contributed by atoms with Crippen molar-refractivity contribution in [2.45, 2.75) is 51.2 Å². The van der Waals surface area contributed by atoms with Gasteiger partial charge >= 0.3 is 12.1 Å². The number of hydrogen-bond acceptors (Lipinski definition) is 6. The van der Waals surface area contributed by atoms with Gasteiger partial charge in [0.05, 0.1) is 24.1 Å². The van der Waals surface area contributed by atoms with Gasteiger partial charge in [-0.1, -0.05) is 12.1 Å². The lowest BCUT2D eigenvalue weighted by Gasteiger charge is -2.19. The highest BCUT2D eigenvalue weighted by Crippen LogP contribution is 2.30. The van der Waals surface area contributed by atoms with Crippen molar-refractivity contribution < 1.29 is 31.9 Å². The second-order valence-corrected chi connectivity index (χ2v) is 12.7. The van der Waals surface area contributed by atoms with Gasteiger partial charge in [0, 0.05) is 37.2 Å². The summed E-state index contributed by atoms with van der Waals surface area (Å²) in [4.78, 5) is 24.3. The van der Waals surface area contributed by atoms with E-state index in [9.17, 15) is 18.0 Å². The molecule has 40 heavy (non-hydrogen) atoms. The minimum absolute atomic E-state index is 0.0411. The molecule has 1 heterocycles. The third-order valence-corrected chi connectivity index (χ3v) is 8.07. The number of esters is 1. The average Bonchev–Trinajstić information content (AvgIpc) is 3.12. The molecule has 0 aliphatic heterocycles. The van der Waals surface area contributed by atoms with Crippen molar-refractivity contribution >= 4 is 33.0 Å². The smallest absolute Gasteiger partial charge is 0.407 e. The number of allylic oxidation sites excluding steroid dienone is 1. The SMILES string of the molecule is COC(=O)c1ccc2c(c1)c(Cc1ccc(S(=O)(=O)N(C)C)cc1)c(C)n2C/C(F)=C/CNC(=O)OC(C)(C)C. The molecule has 1 aromatic heterocycles. The van der Waals surface area contributed by atoms with Crippen LogP contribution in [0.2, 0.25) is 0 Å². The van der Waals surface area contributed by atoms with Gasteiger partial charge in [-0.25, -0.2) is 26.7 Å². The fourth-order valence-electron chi connectivity index (χ4n) is 4.19. The van der Waals surface area contributed by atoms with Gasteiger partial charge in [-0.15, -0.1) is 0 Å². The van der Waals surface area contributed by atoms with Crippen LogP contribution in [0.1, 0.15) is 48.0 Å². The van der Waals surface area contributed by atoms with E-state index in [-0.39, 0.29) is 18.0 Å². The molecule has 216 valence electrons. The molecule has 0 aliphatic rings. The molecule has 3 rings (SSSR count). The van der Waals surface area contributed by atoms with Crippen molar-refractivity contribution in [1.29, 1.82) is 0 Å². The summed E-state index contributed by atoms with van der Waals surface area (Å²) in [5.41, 5.74) is 2.91. The fraction of sp³-hybridized carbons (Fsp3) is 0.379. The molecule has 0 radical (unpaired) electrons. The molecule has 1 N–H and O–H groups in total. The van der Waals surface area contributed by atoms with Gasteiger partial charge in [0.2, 0.25) is 10.0 Å². The Morgan fingerprint density at radius 2 is 1.75 bits per heavy atom. The van der Waals surface area contributed by atoms with Gasteiger partial charge in [-0.3, -0.25) is 0 Å². The first-order chi connectivity index (χ1) is 18.6. The Morgan fingerprint density at radius 3 is 2.33 bits per heavy atom. The summed E-state index contributed by atoms with van der Waals surface area (Å²) in [6.07, 6.45) is 1.07. The number of alkyl carbamates (subject to hydrolysis) is 1. The van der Waals surface area contributed by atoms with Crippen LogP contribution in [0.4, 0.5) is 9.18 Å². The number of nitrogens with one attached hydrogen (secondary N) is 1. The van der Waals surface area contributed by atoms with E-state index in [0.29, 0.717) is 12.0 Å². The summed E-state index contributed by atoms with van der Waals surface area (Å²) in [5, 5.41) is 3.26. The third kappa shape index (κ3) is 7.28. The van der Waals surface area contributed by atoms with Gasteiger partial charge in [0.1, 0.15) is 11.4 Å².